The summed E-state index contributed by atoms with van der Waals surface area (Å²) in [5.41, 5.74) is 0.306. The van der Waals surface area contributed by atoms with Crippen LogP contribution in [0.1, 0.15) is 31.8 Å². The van der Waals surface area contributed by atoms with Gasteiger partial charge in [-0.15, -0.1) is 0 Å². The number of rotatable bonds is 8. The Morgan fingerprint density at radius 3 is 1.75 bits per heavy atom. The van der Waals surface area contributed by atoms with Gasteiger partial charge in [-0.05, 0) is 17.2 Å². The van der Waals surface area contributed by atoms with E-state index in [4.69, 9.17) is 0 Å². The first-order chi connectivity index (χ1) is 11.9. The largest absolute Gasteiger partial charge is 1.00 e. The van der Waals surface area contributed by atoms with E-state index in [-0.39, 0.29) is 102 Å². The van der Waals surface area contributed by atoms with Crippen molar-refractivity contribution in [3.63, 3.8) is 0 Å². The van der Waals surface area contributed by atoms with Crippen molar-refractivity contribution in [2.45, 2.75) is 13.1 Å². The van der Waals surface area contributed by atoms with Crippen LogP contribution in [-0.2, 0) is 17.9 Å². The summed E-state index contributed by atoms with van der Waals surface area (Å²) < 4.78 is 0. The molecular weight excluding hydrogens is 395 g/mol. The average Bonchev–Trinajstić information content (AvgIpc) is 2.54. The number of carboxylic acid groups (broad SMARTS) is 3. The molecule has 0 spiro atoms. The number of carbonyl (C=O) groups is 3. The molecule has 2 aromatic rings. The predicted molar refractivity (Wildman–Crippen MR) is 80.7 cm³/mol. The van der Waals surface area contributed by atoms with Crippen molar-refractivity contribution < 1.29 is 118 Å². The average molecular weight is 409 g/mol. The van der Waals surface area contributed by atoms with Crippen LogP contribution in [0.3, 0.4) is 0 Å². The molecule has 0 radical (unpaired) electrons. The Hall–Kier alpha value is -0.190. The fraction of sp³-hybridized carbons (Fsp3) is 0.167. The van der Waals surface area contributed by atoms with Crippen LogP contribution in [-0.4, -0.2) is 29.4 Å². The third-order valence-electron chi connectivity index (χ3n) is 3.53. The van der Waals surface area contributed by atoms with Crippen molar-refractivity contribution in [3.05, 3.63) is 70.8 Å². The SMILES string of the molecule is O=C([O-])CN(Cc1ccccc1)Cc1ccc(C(=O)[O-])c(C(=O)[O-])c1.[Na+].[Na+].[Na+]. The molecule has 0 amide bonds. The molecule has 0 unspecified atom stereocenters. The molecule has 0 heterocycles. The van der Waals surface area contributed by atoms with Crippen molar-refractivity contribution >= 4 is 17.9 Å². The van der Waals surface area contributed by atoms with Crippen molar-refractivity contribution in [2.24, 2.45) is 0 Å². The standard InChI is InChI=1S/C18H17NO6.3Na/c20-16(21)11-19(9-12-4-2-1-3-5-12)10-13-6-7-14(17(22)23)15(8-13)18(24)25;;;/h1-8H,9-11H2,(H,20,21)(H,22,23)(H,24,25);;;/q;3*+1/p-3. The van der Waals surface area contributed by atoms with Gasteiger partial charge in [0.05, 0.1) is 17.9 Å². The van der Waals surface area contributed by atoms with Crippen LogP contribution in [0.15, 0.2) is 48.5 Å². The van der Waals surface area contributed by atoms with Gasteiger partial charge in [-0.1, -0.05) is 42.5 Å². The van der Waals surface area contributed by atoms with Gasteiger partial charge in [-0.2, -0.15) is 0 Å². The first-order valence-electron chi connectivity index (χ1n) is 7.38. The zero-order chi connectivity index (χ0) is 18.4. The van der Waals surface area contributed by atoms with E-state index in [2.05, 4.69) is 0 Å². The zero-order valence-electron chi connectivity index (χ0n) is 16.1. The number of carbonyl (C=O) groups excluding carboxylic acids is 3. The number of aromatic carboxylic acids is 2. The summed E-state index contributed by atoms with van der Waals surface area (Å²) in [5, 5.41) is 33.0. The number of carboxylic acids is 3. The van der Waals surface area contributed by atoms with E-state index >= 15 is 0 Å². The maximum absolute atomic E-state index is 11.1. The minimum atomic E-state index is -1.64. The third-order valence-corrected chi connectivity index (χ3v) is 3.53. The quantitative estimate of drug-likeness (QED) is 0.397. The maximum Gasteiger partial charge on any atom is 1.00 e. The normalized spacial score (nSPS) is 9.46. The molecule has 0 fully saturated rings. The molecular formula is C18H14NNa3O6. The Morgan fingerprint density at radius 1 is 0.714 bits per heavy atom. The predicted octanol–water partition coefficient (Wildman–Crippen LogP) is -10.8. The van der Waals surface area contributed by atoms with Crippen LogP contribution in [0.4, 0.5) is 0 Å². The van der Waals surface area contributed by atoms with Crippen LogP contribution in [0.5, 0.6) is 0 Å². The second-order valence-corrected chi connectivity index (χ2v) is 5.46. The minimum Gasteiger partial charge on any atom is -0.549 e. The molecule has 0 saturated heterocycles. The molecule has 2 aromatic carbocycles. The number of hydrogen-bond donors (Lipinski definition) is 0. The van der Waals surface area contributed by atoms with Crippen molar-refractivity contribution in [1.82, 2.24) is 4.90 Å². The summed E-state index contributed by atoms with van der Waals surface area (Å²) in [6.07, 6.45) is 0. The summed E-state index contributed by atoms with van der Waals surface area (Å²) in [5.74, 6) is -4.54. The molecule has 0 N–H and O–H groups in total. The van der Waals surface area contributed by atoms with Gasteiger partial charge in [0.15, 0.2) is 0 Å². The van der Waals surface area contributed by atoms with Gasteiger partial charge in [-0.3, -0.25) is 4.90 Å². The monoisotopic (exact) mass is 409 g/mol. The first-order valence-corrected chi connectivity index (χ1v) is 7.38. The van der Waals surface area contributed by atoms with E-state index in [1.807, 2.05) is 30.3 Å². The molecule has 0 bridgehead atoms. The Balaban J connectivity index is 0. The molecule has 0 atom stereocenters. The summed E-state index contributed by atoms with van der Waals surface area (Å²) in [7, 11) is 0. The third kappa shape index (κ3) is 9.54. The van der Waals surface area contributed by atoms with Crippen LogP contribution >= 0.6 is 0 Å². The van der Waals surface area contributed by atoms with Crippen molar-refractivity contribution in [2.75, 3.05) is 6.54 Å². The van der Waals surface area contributed by atoms with E-state index in [0.29, 0.717) is 12.1 Å². The number of nitrogens with zero attached hydrogens (tertiary/aromatic N) is 1. The van der Waals surface area contributed by atoms with Gasteiger partial charge in [0.1, 0.15) is 0 Å². The summed E-state index contributed by atoms with van der Waals surface area (Å²) in [6.45, 7) is 0.0337. The Morgan fingerprint density at radius 2 is 1.25 bits per heavy atom. The Kier molecular flexibility index (Phi) is 15.8. The van der Waals surface area contributed by atoms with Crippen LogP contribution in [0, 0.1) is 0 Å². The fourth-order valence-electron chi connectivity index (χ4n) is 2.49. The van der Waals surface area contributed by atoms with E-state index in [1.54, 1.807) is 0 Å². The topological polar surface area (TPSA) is 124 Å². The summed E-state index contributed by atoms with van der Waals surface area (Å²) in [6, 6.07) is 12.8. The van der Waals surface area contributed by atoms with Crippen LogP contribution in [0.2, 0.25) is 0 Å². The van der Waals surface area contributed by atoms with E-state index < -0.39 is 29.0 Å². The van der Waals surface area contributed by atoms with Crippen LogP contribution in [0.25, 0.3) is 0 Å². The first kappa shape index (κ1) is 30.0. The molecule has 0 aromatic heterocycles. The fourth-order valence-corrected chi connectivity index (χ4v) is 2.49. The smallest absolute Gasteiger partial charge is 0.549 e. The second-order valence-electron chi connectivity index (χ2n) is 5.46. The van der Waals surface area contributed by atoms with E-state index in [0.717, 1.165) is 17.7 Å². The second kappa shape index (κ2) is 14.7. The van der Waals surface area contributed by atoms with Crippen molar-refractivity contribution in [3.8, 4) is 0 Å². The Bertz CT molecular complexity index is 801. The molecule has 2 rings (SSSR count). The van der Waals surface area contributed by atoms with Gasteiger partial charge in [0.25, 0.3) is 0 Å². The molecule has 28 heavy (non-hydrogen) atoms. The van der Waals surface area contributed by atoms with Gasteiger partial charge < -0.3 is 29.7 Å². The minimum absolute atomic E-state index is 0. The van der Waals surface area contributed by atoms with Crippen LogP contribution < -0.4 is 104 Å². The molecule has 0 aliphatic heterocycles. The maximum atomic E-state index is 11.1. The van der Waals surface area contributed by atoms with Gasteiger partial charge in [-0.25, -0.2) is 0 Å². The number of aliphatic carboxylic acids is 1. The zero-order valence-corrected chi connectivity index (χ0v) is 22.1. The van der Waals surface area contributed by atoms with E-state index in [1.165, 1.54) is 11.0 Å². The Labute approximate surface area is 229 Å². The molecule has 0 aliphatic rings. The molecule has 0 aliphatic carbocycles. The molecule has 7 nitrogen and oxygen atoms in total. The van der Waals surface area contributed by atoms with Crippen molar-refractivity contribution in [1.29, 1.82) is 0 Å². The summed E-state index contributed by atoms with van der Waals surface area (Å²) in [4.78, 5) is 34.6. The van der Waals surface area contributed by atoms with Gasteiger partial charge >= 0.3 is 88.7 Å². The number of hydrogen-bond acceptors (Lipinski definition) is 7. The van der Waals surface area contributed by atoms with E-state index in [9.17, 15) is 29.7 Å². The molecule has 10 heteroatoms. The number of benzene rings is 2. The van der Waals surface area contributed by atoms with Gasteiger partial charge in [0.2, 0.25) is 0 Å². The molecule has 0 saturated carbocycles. The summed E-state index contributed by atoms with van der Waals surface area (Å²) >= 11 is 0. The van der Waals surface area contributed by atoms with Gasteiger partial charge in [0, 0.05) is 30.8 Å². The molecule has 130 valence electrons.